The van der Waals surface area contributed by atoms with Crippen LogP contribution in [0.15, 0.2) is 109 Å². The molecule has 0 aliphatic heterocycles. The number of carbonyl (C=O) groups excluding carboxylic acids is 3. The molecule has 6 heteroatoms. The molecule has 0 rings (SSSR count). The summed E-state index contributed by atoms with van der Waals surface area (Å²) in [6.45, 7) is 6.40. The van der Waals surface area contributed by atoms with Crippen LogP contribution in [0, 0.1) is 0 Å². The number of unbranched alkanes of at least 4 members (excludes halogenated alkanes) is 25. The van der Waals surface area contributed by atoms with Crippen molar-refractivity contribution >= 4 is 17.9 Å². The van der Waals surface area contributed by atoms with Crippen molar-refractivity contribution in [1.29, 1.82) is 0 Å². The Morgan fingerprint density at radius 2 is 0.534 bits per heavy atom. The zero-order chi connectivity index (χ0) is 52.9. The molecule has 0 fully saturated rings. The van der Waals surface area contributed by atoms with Gasteiger partial charge in [-0.15, -0.1) is 0 Å². The maximum atomic E-state index is 12.9. The predicted molar refractivity (Wildman–Crippen MR) is 316 cm³/mol. The van der Waals surface area contributed by atoms with Crippen LogP contribution in [0.2, 0.25) is 0 Å². The summed E-state index contributed by atoms with van der Waals surface area (Å²) in [5.74, 6) is -0.929. The Morgan fingerprint density at radius 3 is 0.836 bits per heavy atom. The van der Waals surface area contributed by atoms with Gasteiger partial charge in [-0.1, -0.05) is 265 Å². The van der Waals surface area contributed by atoms with Gasteiger partial charge in [0.25, 0.3) is 0 Å². The maximum absolute atomic E-state index is 12.9. The van der Waals surface area contributed by atoms with E-state index < -0.39 is 6.10 Å². The standard InChI is InChI=1S/C67H112O6/c1-4-7-10-13-16-19-22-25-28-30-31-32-33-34-35-37-39-42-45-48-51-54-57-60-66(69)72-63-64(62-71-65(68)59-56-53-50-47-44-41-38-27-24-21-18-15-12-9-6-3)73-67(70)61-58-55-52-49-46-43-40-36-29-26-23-20-17-14-11-8-5-2/h7,9-10,12,16,18-19,21,25,27-28,31-32,34-35,38-39,42,64H,4-6,8,11,13-15,17,20,22-24,26,29-30,33,36-37,40-41,43-63H2,1-3H3/b10-7-,12-9-,19-16-,21-18-,28-25-,32-31-,35-34-,38-27-,42-39-. The second kappa shape index (κ2) is 60.6. The van der Waals surface area contributed by atoms with Crippen LogP contribution in [-0.4, -0.2) is 37.2 Å². The third kappa shape index (κ3) is 58.8. The summed E-state index contributed by atoms with van der Waals surface area (Å²) in [7, 11) is 0. The first-order chi connectivity index (χ1) is 36.0. The molecule has 0 aliphatic carbocycles. The first-order valence-electron chi connectivity index (χ1n) is 30.4. The van der Waals surface area contributed by atoms with Crippen molar-refractivity contribution in [2.75, 3.05) is 13.2 Å². The number of esters is 3. The molecular formula is C67H112O6. The first-order valence-corrected chi connectivity index (χ1v) is 30.4. The summed E-state index contributed by atoms with van der Waals surface area (Å²) in [6.07, 6.45) is 82.2. The van der Waals surface area contributed by atoms with E-state index in [1.165, 1.54) is 89.9 Å². The van der Waals surface area contributed by atoms with E-state index in [9.17, 15) is 14.4 Å². The highest BCUT2D eigenvalue weighted by Gasteiger charge is 2.19. The lowest BCUT2D eigenvalue weighted by atomic mass is 10.0. The van der Waals surface area contributed by atoms with Gasteiger partial charge in [0.15, 0.2) is 6.10 Å². The average Bonchev–Trinajstić information content (AvgIpc) is 3.39. The Kier molecular flexibility index (Phi) is 57.4. The fourth-order valence-corrected chi connectivity index (χ4v) is 8.28. The summed E-state index contributed by atoms with van der Waals surface area (Å²) in [6, 6.07) is 0. The van der Waals surface area contributed by atoms with Crippen LogP contribution in [0.4, 0.5) is 0 Å². The van der Waals surface area contributed by atoms with Crippen molar-refractivity contribution in [2.24, 2.45) is 0 Å². The highest BCUT2D eigenvalue weighted by molar-refractivity contribution is 5.71. The summed E-state index contributed by atoms with van der Waals surface area (Å²) in [5.41, 5.74) is 0. The van der Waals surface area contributed by atoms with Gasteiger partial charge in [-0.05, 0) is 103 Å². The second-order valence-electron chi connectivity index (χ2n) is 19.9. The minimum absolute atomic E-state index is 0.0948. The number of allylic oxidation sites excluding steroid dienone is 18. The SMILES string of the molecule is CC/C=C\C/C=C\C/C=C\C/C=C\C/C=C\C/C=C\CCCCCCC(=O)OCC(COC(=O)CCCCCCC/C=C\C/C=C\C/C=C\CC)OC(=O)CCCCCCCCCCCCCCCCCCC. The van der Waals surface area contributed by atoms with Gasteiger partial charge in [0, 0.05) is 19.3 Å². The van der Waals surface area contributed by atoms with E-state index in [-0.39, 0.29) is 31.1 Å². The smallest absolute Gasteiger partial charge is 0.306 e. The minimum atomic E-state index is -0.797. The van der Waals surface area contributed by atoms with E-state index in [4.69, 9.17) is 14.2 Å². The van der Waals surface area contributed by atoms with Crippen LogP contribution in [0.1, 0.15) is 278 Å². The van der Waals surface area contributed by atoms with Crippen LogP contribution in [-0.2, 0) is 28.6 Å². The lowest BCUT2D eigenvalue weighted by molar-refractivity contribution is -0.167. The van der Waals surface area contributed by atoms with E-state index in [0.717, 1.165) is 148 Å². The monoisotopic (exact) mass is 1010 g/mol. The molecule has 1 unspecified atom stereocenters. The lowest BCUT2D eigenvalue weighted by Crippen LogP contribution is -2.30. The van der Waals surface area contributed by atoms with E-state index in [1.807, 2.05) is 0 Å². The lowest BCUT2D eigenvalue weighted by Gasteiger charge is -2.18. The summed E-state index contributed by atoms with van der Waals surface area (Å²) in [4.78, 5) is 38.3. The molecule has 0 saturated carbocycles. The summed E-state index contributed by atoms with van der Waals surface area (Å²) in [5, 5.41) is 0. The zero-order valence-corrected chi connectivity index (χ0v) is 47.6. The normalized spacial score (nSPS) is 12.9. The Morgan fingerprint density at radius 1 is 0.288 bits per heavy atom. The minimum Gasteiger partial charge on any atom is -0.462 e. The van der Waals surface area contributed by atoms with Crippen molar-refractivity contribution in [2.45, 2.75) is 284 Å². The highest BCUT2D eigenvalue weighted by atomic mass is 16.6. The van der Waals surface area contributed by atoms with Gasteiger partial charge in [-0.3, -0.25) is 14.4 Å². The predicted octanol–water partition coefficient (Wildman–Crippen LogP) is 20.7. The third-order valence-electron chi connectivity index (χ3n) is 12.8. The van der Waals surface area contributed by atoms with Gasteiger partial charge in [-0.2, -0.15) is 0 Å². The van der Waals surface area contributed by atoms with Crippen molar-refractivity contribution < 1.29 is 28.6 Å². The van der Waals surface area contributed by atoms with Gasteiger partial charge in [0.1, 0.15) is 13.2 Å². The maximum Gasteiger partial charge on any atom is 0.306 e. The molecular weight excluding hydrogens is 901 g/mol. The molecule has 0 bridgehead atoms. The molecule has 73 heavy (non-hydrogen) atoms. The largest absolute Gasteiger partial charge is 0.462 e. The number of carbonyl (C=O) groups is 3. The van der Waals surface area contributed by atoms with E-state index in [1.54, 1.807) is 0 Å². The molecule has 416 valence electrons. The van der Waals surface area contributed by atoms with Crippen molar-refractivity contribution in [3.05, 3.63) is 109 Å². The highest BCUT2D eigenvalue weighted by Crippen LogP contribution is 2.16. The molecule has 6 nitrogen and oxygen atoms in total. The van der Waals surface area contributed by atoms with Gasteiger partial charge in [0.2, 0.25) is 0 Å². The number of rotatable bonds is 54. The number of hydrogen-bond donors (Lipinski definition) is 0. The van der Waals surface area contributed by atoms with Crippen LogP contribution >= 0.6 is 0 Å². The van der Waals surface area contributed by atoms with Gasteiger partial charge >= 0.3 is 17.9 Å². The quantitative estimate of drug-likeness (QED) is 0.0261. The molecule has 0 N–H and O–H groups in total. The Bertz CT molecular complexity index is 1490. The Hall–Kier alpha value is -3.93. The summed E-state index contributed by atoms with van der Waals surface area (Å²) >= 11 is 0. The Labute approximate surface area is 450 Å². The summed E-state index contributed by atoms with van der Waals surface area (Å²) < 4.78 is 16.9. The molecule has 0 spiro atoms. The van der Waals surface area contributed by atoms with Gasteiger partial charge in [-0.25, -0.2) is 0 Å². The Balaban J connectivity index is 4.44. The average molecular weight is 1010 g/mol. The van der Waals surface area contributed by atoms with E-state index in [0.29, 0.717) is 19.3 Å². The van der Waals surface area contributed by atoms with Crippen LogP contribution in [0.25, 0.3) is 0 Å². The van der Waals surface area contributed by atoms with Crippen LogP contribution in [0.5, 0.6) is 0 Å². The van der Waals surface area contributed by atoms with Crippen molar-refractivity contribution in [1.82, 2.24) is 0 Å². The van der Waals surface area contributed by atoms with Crippen LogP contribution in [0.3, 0.4) is 0 Å². The molecule has 0 radical (unpaired) electrons. The fourth-order valence-electron chi connectivity index (χ4n) is 8.28. The first kappa shape index (κ1) is 69.1. The molecule has 0 heterocycles. The third-order valence-corrected chi connectivity index (χ3v) is 12.8. The topological polar surface area (TPSA) is 78.9 Å². The molecule has 0 aliphatic rings. The van der Waals surface area contributed by atoms with Gasteiger partial charge < -0.3 is 14.2 Å². The molecule has 0 aromatic carbocycles. The molecule has 0 aromatic heterocycles. The zero-order valence-electron chi connectivity index (χ0n) is 47.6. The van der Waals surface area contributed by atoms with Crippen molar-refractivity contribution in [3.8, 4) is 0 Å². The number of hydrogen-bond acceptors (Lipinski definition) is 6. The molecule has 0 aromatic rings. The molecule has 1 atom stereocenters. The molecule has 0 amide bonds. The van der Waals surface area contributed by atoms with E-state index in [2.05, 4.69) is 130 Å². The number of ether oxygens (including phenoxy) is 3. The van der Waals surface area contributed by atoms with Crippen molar-refractivity contribution in [3.63, 3.8) is 0 Å². The van der Waals surface area contributed by atoms with Crippen LogP contribution < -0.4 is 0 Å². The fraction of sp³-hybridized carbons (Fsp3) is 0.687. The van der Waals surface area contributed by atoms with Gasteiger partial charge in [0.05, 0.1) is 0 Å². The second-order valence-corrected chi connectivity index (χ2v) is 19.9. The van der Waals surface area contributed by atoms with E-state index >= 15 is 0 Å². The molecule has 0 saturated heterocycles.